The Balaban J connectivity index is 1.87. The van der Waals surface area contributed by atoms with E-state index in [4.69, 9.17) is 21.1 Å². The van der Waals surface area contributed by atoms with Crippen LogP contribution in [0.2, 0.25) is 5.02 Å². The zero-order valence-electron chi connectivity index (χ0n) is 17.8. The van der Waals surface area contributed by atoms with Crippen molar-refractivity contribution in [2.24, 2.45) is 0 Å². The van der Waals surface area contributed by atoms with E-state index in [9.17, 15) is 14.7 Å². The topological polar surface area (TPSA) is 103 Å². The molecule has 1 amide bonds. The number of anilines is 1. The number of aryl methyl sites for hydroxylation is 1. The van der Waals surface area contributed by atoms with Crippen LogP contribution in [0.1, 0.15) is 17.1 Å². The lowest BCUT2D eigenvalue weighted by molar-refractivity contribution is -0.116. The number of para-hydroxylation sites is 1. The summed E-state index contributed by atoms with van der Waals surface area (Å²) in [6.07, 6.45) is 0.142. The van der Waals surface area contributed by atoms with Crippen LogP contribution in [0.5, 0.6) is 11.5 Å². The van der Waals surface area contributed by atoms with Gasteiger partial charge in [-0.25, -0.2) is 4.98 Å². The number of nitrogens with one attached hydrogen (secondary N) is 1. The fourth-order valence-corrected chi connectivity index (χ4v) is 3.33. The number of aliphatic hydroxyl groups is 1. The summed E-state index contributed by atoms with van der Waals surface area (Å²) in [6.45, 7) is 1.18. The number of carbonyl (C=O) groups excluding carboxylic acids is 1. The van der Waals surface area contributed by atoms with Crippen LogP contribution in [0.15, 0.2) is 53.3 Å². The Morgan fingerprint density at radius 1 is 1.16 bits per heavy atom. The first-order valence-electron chi connectivity index (χ1n) is 9.94. The van der Waals surface area contributed by atoms with Gasteiger partial charge in [0.1, 0.15) is 30.5 Å². The molecule has 0 saturated heterocycles. The van der Waals surface area contributed by atoms with E-state index in [2.05, 4.69) is 10.3 Å². The molecule has 168 valence electrons. The molecular formula is C23H24ClN3O5. The summed E-state index contributed by atoms with van der Waals surface area (Å²) in [7, 11) is 1.57. The van der Waals surface area contributed by atoms with Crippen LogP contribution < -0.4 is 20.3 Å². The van der Waals surface area contributed by atoms with Gasteiger partial charge in [-0.05, 0) is 43.3 Å². The molecule has 0 radical (unpaired) electrons. The van der Waals surface area contributed by atoms with Gasteiger partial charge < -0.3 is 19.9 Å². The summed E-state index contributed by atoms with van der Waals surface area (Å²) < 4.78 is 12.2. The van der Waals surface area contributed by atoms with E-state index in [0.29, 0.717) is 39.3 Å². The third kappa shape index (κ3) is 5.66. The van der Waals surface area contributed by atoms with Crippen LogP contribution in [0, 0.1) is 6.92 Å². The largest absolute Gasteiger partial charge is 0.497 e. The van der Waals surface area contributed by atoms with E-state index in [0.717, 1.165) is 0 Å². The highest BCUT2D eigenvalue weighted by molar-refractivity contribution is 6.33. The van der Waals surface area contributed by atoms with E-state index < -0.39 is 11.5 Å². The molecule has 3 aromatic rings. The van der Waals surface area contributed by atoms with Crippen molar-refractivity contribution in [3.05, 3.63) is 81.0 Å². The second kappa shape index (κ2) is 10.8. The van der Waals surface area contributed by atoms with Gasteiger partial charge in [0, 0.05) is 24.3 Å². The summed E-state index contributed by atoms with van der Waals surface area (Å²) in [5, 5.41) is 12.4. The molecule has 2 N–H and O–H groups in total. The predicted molar refractivity (Wildman–Crippen MR) is 121 cm³/mol. The smallest absolute Gasteiger partial charge is 0.257 e. The molecule has 2 aromatic carbocycles. The van der Waals surface area contributed by atoms with E-state index in [-0.39, 0.29) is 26.2 Å². The molecule has 8 nitrogen and oxygen atoms in total. The lowest BCUT2D eigenvalue weighted by atomic mass is 10.1. The maximum absolute atomic E-state index is 13.1. The third-order valence-electron chi connectivity index (χ3n) is 4.79. The molecule has 9 heteroatoms. The Kier molecular flexibility index (Phi) is 7.86. The summed E-state index contributed by atoms with van der Waals surface area (Å²) in [5.74, 6) is 1.10. The molecule has 0 aliphatic heterocycles. The number of hydrogen-bond donors (Lipinski definition) is 2. The minimum atomic E-state index is -0.438. The molecule has 0 fully saturated rings. The molecule has 0 atom stereocenters. The maximum Gasteiger partial charge on any atom is 0.257 e. The minimum Gasteiger partial charge on any atom is -0.497 e. The van der Waals surface area contributed by atoms with Gasteiger partial charge in [0.2, 0.25) is 5.91 Å². The normalized spacial score (nSPS) is 10.6. The van der Waals surface area contributed by atoms with Crippen molar-refractivity contribution in [3.8, 4) is 11.5 Å². The van der Waals surface area contributed by atoms with Gasteiger partial charge in [-0.2, -0.15) is 0 Å². The highest BCUT2D eigenvalue weighted by atomic mass is 35.5. The van der Waals surface area contributed by atoms with Crippen LogP contribution in [-0.2, 0) is 24.4 Å². The molecule has 3 rings (SSSR count). The first-order valence-corrected chi connectivity index (χ1v) is 10.3. The van der Waals surface area contributed by atoms with Gasteiger partial charge in [0.05, 0.1) is 17.8 Å². The van der Waals surface area contributed by atoms with E-state index >= 15 is 0 Å². The highest BCUT2D eigenvalue weighted by Gasteiger charge is 2.17. The number of halogens is 1. The number of benzene rings is 2. The molecule has 0 saturated carbocycles. The molecule has 0 unspecified atom stereocenters. The van der Waals surface area contributed by atoms with Gasteiger partial charge in [0.25, 0.3) is 5.56 Å². The second-order valence-electron chi connectivity index (χ2n) is 6.95. The monoisotopic (exact) mass is 457 g/mol. The lowest BCUT2D eigenvalue weighted by Crippen LogP contribution is -2.34. The van der Waals surface area contributed by atoms with Crippen molar-refractivity contribution in [1.82, 2.24) is 9.55 Å². The number of ether oxygens (including phenoxy) is 2. The van der Waals surface area contributed by atoms with Gasteiger partial charge in [-0.1, -0.05) is 23.7 Å². The van der Waals surface area contributed by atoms with Gasteiger partial charge in [-0.3, -0.25) is 14.2 Å². The Labute approximate surface area is 190 Å². The lowest BCUT2D eigenvalue weighted by Gasteiger charge is -2.16. The van der Waals surface area contributed by atoms with Gasteiger partial charge in [0.15, 0.2) is 0 Å². The fourth-order valence-electron chi connectivity index (χ4n) is 3.14. The van der Waals surface area contributed by atoms with Crippen molar-refractivity contribution in [2.75, 3.05) is 19.0 Å². The number of nitrogens with zero attached hydrogens (tertiary/aromatic N) is 2. The van der Waals surface area contributed by atoms with Crippen LogP contribution in [0.3, 0.4) is 0 Å². The van der Waals surface area contributed by atoms with Crippen molar-refractivity contribution in [2.45, 2.75) is 26.5 Å². The minimum absolute atomic E-state index is 0.0266. The first-order chi connectivity index (χ1) is 15.4. The summed E-state index contributed by atoms with van der Waals surface area (Å²) in [5.41, 5.74) is 0.888. The van der Waals surface area contributed by atoms with Crippen LogP contribution in [-0.4, -0.2) is 34.3 Å². The average Bonchev–Trinajstić information content (AvgIpc) is 2.79. The molecule has 0 aliphatic carbocycles. The van der Waals surface area contributed by atoms with Crippen LogP contribution in [0.25, 0.3) is 0 Å². The maximum atomic E-state index is 13.1. The molecule has 1 aromatic heterocycles. The van der Waals surface area contributed by atoms with E-state index in [1.807, 2.05) is 0 Å². The molecular weight excluding hydrogens is 434 g/mol. The summed E-state index contributed by atoms with van der Waals surface area (Å²) in [4.78, 5) is 30.2. The molecule has 0 aliphatic rings. The highest BCUT2D eigenvalue weighted by Crippen LogP contribution is 2.21. The third-order valence-corrected chi connectivity index (χ3v) is 5.12. The van der Waals surface area contributed by atoms with Gasteiger partial charge in [-0.15, -0.1) is 0 Å². The van der Waals surface area contributed by atoms with Crippen LogP contribution >= 0.6 is 11.6 Å². The Bertz CT molecular complexity index is 1150. The Morgan fingerprint density at radius 3 is 2.50 bits per heavy atom. The second-order valence-corrected chi connectivity index (χ2v) is 7.36. The van der Waals surface area contributed by atoms with Crippen LogP contribution in [0.4, 0.5) is 5.69 Å². The zero-order valence-corrected chi connectivity index (χ0v) is 18.6. The van der Waals surface area contributed by atoms with Crippen molar-refractivity contribution < 1.29 is 19.4 Å². The number of aliphatic hydroxyl groups excluding tert-OH is 1. The number of carbonyl (C=O) groups is 1. The number of amides is 1. The number of hydrogen-bond acceptors (Lipinski definition) is 6. The molecule has 0 bridgehead atoms. The predicted octanol–water partition coefficient (Wildman–Crippen LogP) is 2.97. The molecule has 0 spiro atoms. The quantitative estimate of drug-likeness (QED) is 0.512. The Hall–Kier alpha value is -3.36. The summed E-state index contributed by atoms with van der Waals surface area (Å²) >= 11 is 6.11. The van der Waals surface area contributed by atoms with E-state index in [1.54, 1.807) is 62.6 Å². The standard InChI is InChI=1S/C23H24ClN3O5/c1-15-18(11-12-28)23(30)27(13-22(29)26-20-6-4-3-5-19(20)24)21(25-15)14-32-17-9-7-16(31-2)8-10-17/h3-10,28H,11-14H2,1-2H3,(H,26,29). The Morgan fingerprint density at radius 2 is 1.84 bits per heavy atom. The number of rotatable bonds is 9. The molecule has 32 heavy (non-hydrogen) atoms. The van der Waals surface area contributed by atoms with Crippen molar-refractivity contribution in [1.29, 1.82) is 0 Å². The van der Waals surface area contributed by atoms with Gasteiger partial charge >= 0.3 is 0 Å². The first kappa shape index (κ1) is 23.3. The fraction of sp³-hybridized carbons (Fsp3) is 0.261. The van der Waals surface area contributed by atoms with E-state index in [1.165, 1.54) is 4.57 Å². The number of methoxy groups -OCH3 is 1. The summed E-state index contributed by atoms with van der Waals surface area (Å²) in [6, 6.07) is 13.8. The van der Waals surface area contributed by atoms with Crippen molar-refractivity contribution in [3.63, 3.8) is 0 Å². The molecule has 1 heterocycles. The SMILES string of the molecule is COc1ccc(OCc2nc(C)c(CCO)c(=O)n2CC(=O)Nc2ccccc2Cl)cc1. The zero-order chi connectivity index (χ0) is 23.1. The van der Waals surface area contributed by atoms with Crippen molar-refractivity contribution >= 4 is 23.2 Å². The number of aromatic nitrogens is 2. The average molecular weight is 458 g/mol.